The molecule has 0 saturated heterocycles. The standard InChI is InChI=1S/C11H15NO3/c1-11(2,3)10(13)15-8-6-5-7-12-9(8)14-4/h5-7H,1-4H3. The van der Waals surface area contributed by atoms with Crippen LogP contribution < -0.4 is 9.47 Å². The van der Waals surface area contributed by atoms with Crippen LogP contribution in [0.25, 0.3) is 0 Å². The lowest BCUT2D eigenvalue weighted by atomic mass is 9.97. The van der Waals surface area contributed by atoms with Crippen LogP contribution in [-0.2, 0) is 4.79 Å². The van der Waals surface area contributed by atoms with Gasteiger partial charge in [-0.15, -0.1) is 0 Å². The summed E-state index contributed by atoms with van der Waals surface area (Å²) >= 11 is 0. The second-order valence-electron chi connectivity index (χ2n) is 4.15. The SMILES string of the molecule is COc1ncccc1OC(=O)C(C)(C)C. The summed E-state index contributed by atoms with van der Waals surface area (Å²) in [5, 5.41) is 0. The normalized spacial score (nSPS) is 10.9. The third-order valence-electron chi connectivity index (χ3n) is 1.74. The number of hydrogen-bond acceptors (Lipinski definition) is 4. The van der Waals surface area contributed by atoms with E-state index >= 15 is 0 Å². The van der Waals surface area contributed by atoms with E-state index < -0.39 is 5.41 Å². The highest BCUT2D eigenvalue weighted by molar-refractivity contribution is 5.78. The molecule has 0 aromatic carbocycles. The van der Waals surface area contributed by atoms with Crippen molar-refractivity contribution >= 4 is 5.97 Å². The fraction of sp³-hybridized carbons (Fsp3) is 0.455. The smallest absolute Gasteiger partial charge is 0.316 e. The molecule has 0 atom stereocenters. The quantitative estimate of drug-likeness (QED) is 0.699. The number of ether oxygens (including phenoxy) is 2. The molecule has 0 aliphatic carbocycles. The first-order valence-corrected chi connectivity index (χ1v) is 4.66. The van der Waals surface area contributed by atoms with Crippen LogP contribution in [0.1, 0.15) is 20.8 Å². The van der Waals surface area contributed by atoms with Gasteiger partial charge >= 0.3 is 5.97 Å². The lowest BCUT2D eigenvalue weighted by molar-refractivity contribution is -0.143. The van der Waals surface area contributed by atoms with E-state index in [1.165, 1.54) is 7.11 Å². The molecule has 1 heterocycles. The zero-order valence-corrected chi connectivity index (χ0v) is 9.40. The number of pyridine rings is 1. The summed E-state index contributed by atoms with van der Waals surface area (Å²) in [6.07, 6.45) is 1.58. The molecule has 1 rings (SSSR count). The van der Waals surface area contributed by atoms with E-state index in [4.69, 9.17) is 9.47 Å². The predicted molar refractivity (Wildman–Crippen MR) is 55.9 cm³/mol. The number of methoxy groups -OCH3 is 1. The summed E-state index contributed by atoms with van der Waals surface area (Å²) in [7, 11) is 1.48. The fourth-order valence-electron chi connectivity index (χ4n) is 0.860. The lowest BCUT2D eigenvalue weighted by Crippen LogP contribution is -2.25. The Morgan fingerprint density at radius 3 is 2.60 bits per heavy atom. The van der Waals surface area contributed by atoms with Crippen molar-refractivity contribution in [3.63, 3.8) is 0 Å². The maximum absolute atomic E-state index is 11.6. The molecule has 1 aromatic heterocycles. The van der Waals surface area contributed by atoms with Crippen LogP contribution in [0.4, 0.5) is 0 Å². The van der Waals surface area contributed by atoms with Gasteiger partial charge in [-0.25, -0.2) is 4.98 Å². The molecule has 82 valence electrons. The monoisotopic (exact) mass is 209 g/mol. The van der Waals surface area contributed by atoms with E-state index in [2.05, 4.69) is 4.98 Å². The average Bonchev–Trinajstić information content (AvgIpc) is 2.17. The van der Waals surface area contributed by atoms with Gasteiger partial charge in [-0.05, 0) is 32.9 Å². The number of hydrogen-bond donors (Lipinski definition) is 0. The Kier molecular flexibility index (Phi) is 3.29. The number of nitrogens with zero attached hydrogens (tertiary/aromatic N) is 1. The summed E-state index contributed by atoms with van der Waals surface area (Å²) in [5.74, 6) is 0.351. The topological polar surface area (TPSA) is 48.4 Å². The Hall–Kier alpha value is -1.58. The summed E-state index contributed by atoms with van der Waals surface area (Å²) < 4.78 is 10.1. The number of carbonyl (C=O) groups excluding carboxylic acids is 1. The van der Waals surface area contributed by atoms with Crippen LogP contribution in [0, 0.1) is 5.41 Å². The molecular formula is C11H15NO3. The maximum Gasteiger partial charge on any atom is 0.316 e. The van der Waals surface area contributed by atoms with Crippen molar-refractivity contribution in [3.05, 3.63) is 18.3 Å². The first-order chi connectivity index (χ1) is 6.95. The molecule has 0 amide bonds. The fourth-order valence-corrected chi connectivity index (χ4v) is 0.860. The lowest BCUT2D eigenvalue weighted by Gasteiger charge is -2.16. The third-order valence-corrected chi connectivity index (χ3v) is 1.74. The predicted octanol–water partition coefficient (Wildman–Crippen LogP) is 2.04. The van der Waals surface area contributed by atoms with Crippen molar-refractivity contribution in [2.75, 3.05) is 7.11 Å². The average molecular weight is 209 g/mol. The van der Waals surface area contributed by atoms with Crippen molar-refractivity contribution in [1.82, 2.24) is 4.98 Å². The van der Waals surface area contributed by atoms with E-state index in [0.29, 0.717) is 11.6 Å². The summed E-state index contributed by atoms with van der Waals surface area (Å²) in [4.78, 5) is 15.5. The van der Waals surface area contributed by atoms with E-state index in [9.17, 15) is 4.79 Å². The molecule has 0 radical (unpaired) electrons. The van der Waals surface area contributed by atoms with Gasteiger partial charge in [-0.2, -0.15) is 0 Å². The van der Waals surface area contributed by atoms with Gasteiger partial charge in [0.15, 0.2) is 5.75 Å². The van der Waals surface area contributed by atoms with Crippen molar-refractivity contribution in [2.45, 2.75) is 20.8 Å². The first-order valence-electron chi connectivity index (χ1n) is 4.66. The maximum atomic E-state index is 11.6. The van der Waals surface area contributed by atoms with Gasteiger partial charge in [0, 0.05) is 6.20 Å². The van der Waals surface area contributed by atoms with E-state index in [1.807, 2.05) is 0 Å². The largest absolute Gasteiger partial charge is 0.478 e. The molecule has 0 aliphatic rings. The zero-order valence-electron chi connectivity index (χ0n) is 9.40. The number of rotatable bonds is 2. The molecule has 0 bridgehead atoms. The van der Waals surface area contributed by atoms with Gasteiger partial charge in [0.25, 0.3) is 5.88 Å². The van der Waals surface area contributed by atoms with E-state index in [1.54, 1.807) is 39.1 Å². The Morgan fingerprint density at radius 1 is 1.40 bits per heavy atom. The van der Waals surface area contributed by atoms with Gasteiger partial charge in [0.05, 0.1) is 12.5 Å². The number of esters is 1. The molecule has 0 unspecified atom stereocenters. The van der Waals surface area contributed by atoms with Crippen LogP contribution in [0.15, 0.2) is 18.3 Å². The molecule has 4 nitrogen and oxygen atoms in total. The van der Waals surface area contributed by atoms with Crippen molar-refractivity contribution < 1.29 is 14.3 Å². The molecule has 4 heteroatoms. The Balaban J connectivity index is 2.85. The highest BCUT2D eigenvalue weighted by Gasteiger charge is 2.24. The molecule has 0 aliphatic heterocycles. The molecule has 15 heavy (non-hydrogen) atoms. The molecule has 0 fully saturated rings. The highest BCUT2D eigenvalue weighted by Crippen LogP contribution is 2.26. The molecule has 0 N–H and O–H groups in total. The van der Waals surface area contributed by atoms with Crippen LogP contribution in [0.3, 0.4) is 0 Å². The Bertz CT molecular complexity index is 355. The minimum atomic E-state index is -0.541. The zero-order chi connectivity index (χ0) is 11.5. The third kappa shape index (κ3) is 2.94. The van der Waals surface area contributed by atoms with Crippen LogP contribution in [0.5, 0.6) is 11.6 Å². The molecular weight excluding hydrogens is 194 g/mol. The van der Waals surface area contributed by atoms with Crippen molar-refractivity contribution in [2.24, 2.45) is 5.41 Å². The summed E-state index contributed by atoms with van der Waals surface area (Å²) in [5.41, 5.74) is -0.541. The van der Waals surface area contributed by atoms with Gasteiger partial charge in [0.1, 0.15) is 0 Å². The van der Waals surface area contributed by atoms with Gasteiger partial charge in [0.2, 0.25) is 0 Å². The molecule has 0 spiro atoms. The van der Waals surface area contributed by atoms with E-state index in [-0.39, 0.29) is 5.97 Å². The molecule has 1 aromatic rings. The summed E-state index contributed by atoms with van der Waals surface area (Å²) in [6.45, 7) is 5.37. The van der Waals surface area contributed by atoms with E-state index in [0.717, 1.165) is 0 Å². The van der Waals surface area contributed by atoms with Gasteiger partial charge in [-0.3, -0.25) is 4.79 Å². The minimum Gasteiger partial charge on any atom is -0.478 e. The minimum absolute atomic E-state index is 0.311. The van der Waals surface area contributed by atoms with Crippen molar-refractivity contribution in [3.8, 4) is 11.6 Å². The van der Waals surface area contributed by atoms with Crippen LogP contribution in [0.2, 0.25) is 0 Å². The number of carbonyl (C=O) groups is 1. The second-order valence-corrected chi connectivity index (χ2v) is 4.15. The number of aromatic nitrogens is 1. The second kappa shape index (κ2) is 4.29. The highest BCUT2D eigenvalue weighted by atomic mass is 16.6. The molecule has 0 saturated carbocycles. The van der Waals surface area contributed by atoms with Crippen LogP contribution >= 0.6 is 0 Å². The Morgan fingerprint density at radius 2 is 2.07 bits per heavy atom. The summed E-state index contributed by atoms with van der Waals surface area (Å²) in [6, 6.07) is 3.34. The first kappa shape index (κ1) is 11.5. The van der Waals surface area contributed by atoms with Gasteiger partial charge in [-0.1, -0.05) is 0 Å². The van der Waals surface area contributed by atoms with Crippen molar-refractivity contribution in [1.29, 1.82) is 0 Å². The Labute approximate surface area is 89.2 Å². The van der Waals surface area contributed by atoms with Gasteiger partial charge < -0.3 is 9.47 Å². The van der Waals surface area contributed by atoms with Crippen LogP contribution in [-0.4, -0.2) is 18.1 Å².